The molecule has 300 valence electrons. The van der Waals surface area contributed by atoms with Gasteiger partial charge in [0.05, 0.1) is 17.1 Å². The SMILES string of the molecule is CC(C)c1cc(-c2ccc(N(c3cc4ccccc4c(-c4ccccc4)n3)c3cc4ccccc4c(-c4ccccc4)n3)cc2)cc(C(C)C)c1-n1ccnc1-c1ccccc1. The molecule has 0 aliphatic carbocycles. The average Bonchev–Trinajstić information content (AvgIpc) is 3.82. The second kappa shape index (κ2) is 16.4. The molecule has 0 saturated carbocycles. The minimum Gasteiger partial charge on any atom is -0.299 e. The van der Waals surface area contributed by atoms with Crippen LogP contribution in [-0.2, 0) is 0 Å². The largest absolute Gasteiger partial charge is 0.299 e. The number of nitrogens with zero attached hydrogens (tertiary/aromatic N) is 5. The van der Waals surface area contributed by atoms with Gasteiger partial charge in [0.15, 0.2) is 0 Å². The minimum absolute atomic E-state index is 0.277. The summed E-state index contributed by atoms with van der Waals surface area (Å²) in [4.78, 5) is 18.0. The monoisotopic (exact) mass is 801 g/mol. The number of imidazole rings is 1. The first-order chi connectivity index (χ1) is 30.4. The van der Waals surface area contributed by atoms with Gasteiger partial charge in [-0.15, -0.1) is 0 Å². The molecule has 0 saturated heterocycles. The Morgan fingerprint density at radius 3 is 1.37 bits per heavy atom. The summed E-state index contributed by atoms with van der Waals surface area (Å²) in [5.41, 5.74) is 12.2. The van der Waals surface area contributed by atoms with Gasteiger partial charge in [0.1, 0.15) is 17.5 Å². The molecule has 3 heterocycles. The Bertz CT molecular complexity index is 3020. The van der Waals surface area contributed by atoms with E-state index in [0.29, 0.717) is 0 Å². The normalized spacial score (nSPS) is 11.5. The summed E-state index contributed by atoms with van der Waals surface area (Å²) in [7, 11) is 0. The molecular weight excluding hydrogens is 755 g/mol. The number of rotatable bonds is 10. The van der Waals surface area contributed by atoms with Crippen LogP contribution in [0.3, 0.4) is 0 Å². The Labute approximate surface area is 363 Å². The van der Waals surface area contributed by atoms with Gasteiger partial charge in [0, 0.05) is 45.5 Å². The highest BCUT2D eigenvalue weighted by Gasteiger charge is 2.23. The van der Waals surface area contributed by atoms with Crippen molar-refractivity contribution >= 4 is 38.9 Å². The number of anilines is 3. The maximum atomic E-state index is 5.49. The van der Waals surface area contributed by atoms with Crippen LogP contribution in [0.2, 0.25) is 0 Å². The fraction of sp³-hybridized carbons (Fsp3) is 0.105. The molecule has 10 aromatic rings. The van der Waals surface area contributed by atoms with Crippen molar-refractivity contribution in [2.75, 3.05) is 4.90 Å². The molecule has 0 N–H and O–H groups in total. The van der Waals surface area contributed by atoms with Gasteiger partial charge in [0.2, 0.25) is 0 Å². The molecule has 3 aromatic heterocycles. The van der Waals surface area contributed by atoms with Crippen LogP contribution in [0.4, 0.5) is 17.3 Å². The zero-order chi connectivity index (χ0) is 42.2. The fourth-order valence-electron chi connectivity index (χ4n) is 8.71. The van der Waals surface area contributed by atoms with E-state index in [1.807, 2.05) is 6.20 Å². The Morgan fingerprint density at radius 1 is 0.435 bits per heavy atom. The molecule has 0 bridgehead atoms. The highest BCUT2D eigenvalue weighted by Crippen LogP contribution is 2.42. The van der Waals surface area contributed by atoms with Gasteiger partial charge in [0.25, 0.3) is 0 Å². The van der Waals surface area contributed by atoms with E-state index in [-0.39, 0.29) is 11.8 Å². The topological polar surface area (TPSA) is 46.8 Å². The van der Waals surface area contributed by atoms with E-state index in [1.165, 1.54) is 22.4 Å². The van der Waals surface area contributed by atoms with Gasteiger partial charge < -0.3 is 0 Å². The number of benzene rings is 7. The van der Waals surface area contributed by atoms with E-state index in [4.69, 9.17) is 15.0 Å². The van der Waals surface area contributed by atoms with Crippen molar-refractivity contribution in [1.29, 1.82) is 0 Å². The van der Waals surface area contributed by atoms with Crippen LogP contribution < -0.4 is 4.90 Å². The van der Waals surface area contributed by atoms with Crippen LogP contribution in [0.15, 0.2) is 200 Å². The lowest BCUT2D eigenvalue weighted by Crippen LogP contribution is -2.14. The van der Waals surface area contributed by atoms with Crippen LogP contribution in [0, 0.1) is 0 Å². The van der Waals surface area contributed by atoms with Crippen molar-refractivity contribution in [2.24, 2.45) is 0 Å². The van der Waals surface area contributed by atoms with E-state index >= 15 is 0 Å². The number of hydrogen-bond acceptors (Lipinski definition) is 4. The summed E-state index contributed by atoms with van der Waals surface area (Å²) in [6.45, 7) is 9.14. The standard InChI is InChI=1S/C57H47N5/c1-38(2)50-34-46(35-51(39(3)4)56(50)61-33-32-58-57(61)43-22-12-7-13-23-43)40-28-30-47(31-29-40)62(52-36-44-24-14-16-26-48(44)54(59-52)41-18-8-5-9-19-41)53-37-45-25-15-17-27-49(45)55(60-53)42-20-10-6-11-21-42/h5-39H,1-4H3. The molecule has 0 radical (unpaired) electrons. The van der Waals surface area contributed by atoms with Crippen molar-refractivity contribution in [2.45, 2.75) is 39.5 Å². The third kappa shape index (κ3) is 7.22. The lowest BCUT2D eigenvalue weighted by atomic mass is 9.88. The highest BCUT2D eigenvalue weighted by molar-refractivity contribution is 6.00. The summed E-state index contributed by atoms with van der Waals surface area (Å²) in [6, 6.07) is 66.5. The third-order valence-corrected chi connectivity index (χ3v) is 11.8. The lowest BCUT2D eigenvalue weighted by molar-refractivity contribution is 0.807. The molecule has 0 aliphatic rings. The Kier molecular flexibility index (Phi) is 10.2. The summed E-state index contributed by atoms with van der Waals surface area (Å²) in [5.74, 6) is 3.08. The maximum Gasteiger partial charge on any atom is 0.144 e. The molecule has 0 aliphatic heterocycles. The van der Waals surface area contributed by atoms with Gasteiger partial charge in [-0.1, -0.05) is 179 Å². The Balaban J connectivity index is 1.15. The van der Waals surface area contributed by atoms with Gasteiger partial charge in [-0.2, -0.15) is 0 Å². The van der Waals surface area contributed by atoms with Crippen molar-refractivity contribution < 1.29 is 0 Å². The molecular formula is C57H47N5. The van der Waals surface area contributed by atoms with Crippen molar-refractivity contribution in [3.05, 3.63) is 212 Å². The van der Waals surface area contributed by atoms with Crippen LogP contribution in [0.25, 0.3) is 72.3 Å². The molecule has 0 amide bonds. The smallest absolute Gasteiger partial charge is 0.144 e. The zero-order valence-corrected chi connectivity index (χ0v) is 35.4. The molecule has 10 rings (SSSR count). The first-order valence-corrected chi connectivity index (χ1v) is 21.5. The number of pyridine rings is 2. The van der Waals surface area contributed by atoms with E-state index < -0.39 is 0 Å². The summed E-state index contributed by atoms with van der Waals surface area (Å²) >= 11 is 0. The number of hydrogen-bond donors (Lipinski definition) is 0. The van der Waals surface area contributed by atoms with Crippen molar-refractivity contribution in [1.82, 2.24) is 19.5 Å². The molecule has 0 fully saturated rings. The van der Waals surface area contributed by atoms with Gasteiger partial charge in [-0.3, -0.25) is 9.47 Å². The molecule has 0 spiro atoms. The molecule has 5 nitrogen and oxygen atoms in total. The van der Waals surface area contributed by atoms with E-state index in [2.05, 4.69) is 231 Å². The van der Waals surface area contributed by atoms with Gasteiger partial charge in [-0.25, -0.2) is 15.0 Å². The molecule has 5 heteroatoms. The predicted molar refractivity (Wildman–Crippen MR) is 259 cm³/mol. The predicted octanol–water partition coefficient (Wildman–Crippen LogP) is 15.4. The third-order valence-electron chi connectivity index (χ3n) is 11.8. The van der Waals surface area contributed by atoms with E-state index in [0.717, 1.165) is 78.3 Å². The maximum absolute atomic E-state index is 5.49. The summed E-state index contributed by atoms with van der Waals surface area (Å²) in [6.07, 6.45) is 4.02. The minimum atomic E-state index is 0.277. The average molecular weight is 802 g/mol. The first-order valence-electron chi connectivity index (χ1n) is 21.5. The summed E-state index contributed by atoms with van der Waals surface area (Å²) < 4.78 is 2.28. The molecule has 0 unspecified atom stereocenters. The lowest BCUT2D eigenvalue weighted by Gasteiger charge is -2.26. The molecule has 62 heavy (non-hydrogen) atoms. The van der Waals surface area contributed by atoms with Crippen LogP contribution in [-0.4, -0.2) is 19.5 Å². The van der Waals surface area contributed by atoms with Crippen LogP contribution in [0.1, 0.15) is 50.7 Å². The summed E-state index contributed by atoms with van der Waals surface area (Å²) in [5, 5.41) is 4.42. The van der Waals surface area contributed by atoms with E-state index in [9.17, 15) is 0 Å². The van der Waals surface area contributed by atoms with Gasteiger partial charge in [-0.05, 0) is 81.3 Å². The van der Waals surface area contributed by atoms with Crippen LogP contribution in [0.5, 0.6) is 0 Å². The molecule has 0 atom stereocenters. The Hall–Kier alpha value is -7.63. The Morgan fingerprint density at radius 2 is 0.887 bits per heavy atom. The number of fused-ring (bicyclic) bond motifs is 2. The highest BCUT2D eigenvalue weighted by atomic mass is 15.2. The van der Waals surface area contributed by atoms with Crippen LogP contribution >= 0.6 is 0 Å². The second-order valence-corrected chi connectivity index (χ2v) is 16.5. The molecule has 7 aromatic carbocycles. The quantitative estimate of drug-likeness (QED) is 0.138. The number of aromatic nitrogens is 4. The van der Waals surface area contributed by atoms with Gasteiger partial charge >= 0.3 is 0 Å². The zero-order valence-electron chi connectivity index (χ0n) is 35.4. The van der Waals surface area contributed by atoms with Crippen molar-refractivity contribution in [3.8, 4) is 50.7 Å². The first kappa shape index (κ1) is 38.6. The fourth-order valence-corrected chi connectivity index (χ4v) is 8.71. The van der Waals surface area contributed by atoms with E-state index in [1.54, 1.807) is 0 Å². The second-order valence-electron chi connectivity index (χ2n) is 16.5. The van der Waals surface area contributed by atoms with Crippen molar-refractivity contribution in [3.63, 3.8) is 0 Å².